The first kappa shape index (κ1) is 33.9. The van der Waals surface area contributed by atoms with Crippen LogP contribution in [0.15, 0.2) is 212 Å². The van der Waals surface area contributed by atoms with Gasteiger partial charge < -0.3 is 4.90 Å². The van der Waals surface area contributed by atoms with Crippen molar-refractivity contribution in [1.82, 2.24) is 0 Å². The van der Waals surface area contributed by atoms with Gasteiger partial charge in [0.15, 0.2) is 0 Å². The third-order valence-corrected chi connectivity index (χ3v) is 13.5. The fourth-order valence-electron chi connectivity index (χ4n) is 11.0. The highest BCUT2D eigenvalue weighted by Crippen LogP contribution is 2.63. The Kier molecular flexibility index (Phi) is 7.26. The summed E-state index contributed by atoms with van der Waals surface area (Å²) in [4.78, 5) is 2.52. The van der Waals surface area contributed by atoms with Gasteiger partial charge in [-0.2, -0.15) is 0 Å². The number of hydrogen-bond acceptors (Lipinski definition) is 1. The zero-order valence-electron chi connectivity index (χ0n) is 33.2. The maximum Gasteiger partial charge on any atom is 0.0725 e. The van der Waals surface area contributed by atoms with Gasteiger partial charge in [0.05, 0.1) is 11.1 Å². The van der Waals surface area contributed by atoms with Gasteiger partial charge in [-0.05, 0) is 114 Å². The van der Waals surface area contributed by atoms with Crippen molar-refractivity contribution >= 4 is 17.1 Å². The Hall–Kier alpha value is -7.22. The van der Waals surface area contributed by atoms with Gasteiger partial charge in [0.25, 0.3) is 0 Å². The summed E-state index contributed by atoms with van der Waals surface area (Å²) >= 11 is 0. The zero-order valence-corrected chi connectivity index (χ0v) is 33.2. The lowest BCUT2D eigenvalue weighted by molar-refractivity contribution is 0.660. The maximum atomic E-state index is 2.52. The second-order valence-corrected chi connectivity index (χ2v) is 16.8. The van der Waals surface area contributed by atoms with Crippen LogP contribution in [0.1, 0.15) is 47.2 Å². The molecule has 0 radical (unpaired) electrons. The van der Waals surface area contributed by atoms with Gasteiger partial charge in [-0.15, -0.1) is 0 Å². The average Bonchev–Trinajstić information content (AvgIpc) is 3.85. The fraction of sp³-hybridized carbons (Fsp3) is 0.0690. The maximum absolute atomic E-state index is 2.52. The molecule has 0 aromatic heterocycles. The van der Waals surface area contributed by atoms with Crippen LogP contribution in [0.5, 0.6) is 0 Å². The van der Waals surface area contributed by atoms with Crippen LogP contribution < -0.4 is 4.90 Å². The van der Waals surface area contributed by atoms with E-state index in [0.29, 0.717) is 0 Å². The molecule has 1 spiro atoms. The standard InChI is InChI=1S/C58H41N/c1-57(2)49-27-13-9-24-45(49)47-36-40(32-34-50(47)57)59(55-31-17-26-42(38-18-5-3-6-19-38)56(55)39-20-7-4-8-21-39)41-33-35-54-48(37-41)46-25-12-16-30-53(46)58(54)51-28-14-10-22-43(51)44-23-11-15-29-52(44)58/h3-37H,1-2H3. The van der Waals surface area contributed by atoms with Crippen molar-refractivity contribution in [2.75, 3.05) is 4.90 Å². The van der Waals surface area contributed by atoms with Crippen molar-refractivity contribution in [3.05, 3.63) is 246 Å². The molecule has 0 saturated heterocycles. The lowest BCUT2D eigenvalue weighted by Gasteiger charge is -2.32. The van der Waals surface area contributed by atoms with Gasteiger partial charge in [-0.1, -0.05) is 196 Å². The smallest absolute Gasteiger partial charge is 0.0725 e. The highest BCUT2D eigenvalue weighted by Gasteiger charge is 2.51. The molecule has 1 nitrogen and oxygen atoms in total. The Bertz CT molecular complexity index is 3090. The largest absolute Gasteiger partial charge is 0.310 e. The molecule has 3 aliphatic carbocycles. The summed E-state index contributed by atoms with van der Waals surface area (Å²) in [5.74, 6) is 0. The molecule has 0 bridgehead atoms. The van der Waals surface area contributed by atoms with Crippen molar-refractivity contribution in [1.29, 1.82) is 0 Å². The monoisotopic (exact) mass is 751 g/mol. The second kappa shape index (κ2) is 12.6. The van der Waals surface area contributed by atoms with Crippen LogP contribution in [0.25, 0.3) is 55.6 Å². The van der Waals surface area contributed by atoms with E-state index >= 15 is 0 Å². The van der Waals surface area contributed by atoms with Gasteiger partial charge in [-0.25, -0.2) is 0 Å². The normalized spacial score (nSPS) is 14.2. The van der Waals surface area contributed by atoms with Crippen LogP contribution in [0, 0.1) is 0 Å². The number of hydrogen-bond donors (Lipinski definition) is 0. The molecule has 0 aliphatic heterocycles. The molecular weight excluding hydrogens is 711 g/mol. The third kappa shape index (κ3) is 4.67. The van der Waals surface area contributed by atoms with E-state index in [9.17, 15) is 0 Å². The molecule has 0 unspecified atom stereocenters. The first-order valence-electron chi connectivity index (χ1n) is 20.8. The minimum absolute atomic E-state index is 0.0861. The average molecular weight is 752 g/mol. The molecule has 0 amide bonds. The Morgan fingerprint density at radius 2 is 0.695 bits per heavy atom. The Morgan fingerprint density at radius 3 is 1.27 bits per heavy atom. The Balaban J connectivity index is 1.15. The van der Waals surface area contributed by atoms with E-state index in [0.717, 1.165) is 17.1 Å². The van der Waals surface area contributed by atoms with E-state index in [2.05, 4.69) is 231 Å². The zero-order chi connectivity index (χ0) is 39.3. The predicted octanol–water partition coefficient (Wildman–Crippen LogP) is 15.1. The van der Waals surface area contributed by atoms with Crippen LogP contribution in [0.2, 0.25) is 0 Å². The highest BCUT2D eigenvalue weighted by atomic mass is 15.1. The van der Waals surface area contributed by atoms with Crippen LogP contribution in [0.3, 0.4) is 0 Å². The summed E-state index contributed by atoms with van der Waals surface area (Å²) in [7, 11) is 0. The summed E-state index contributed by atoms with van der Waals surface area (Å²) in [6, 6.07) is 79.2. The van der Waals surface area contributed by atoms with Crippen LogP contribution >= 0.6 is 0 Å². The van der Waals surface area contributed by atoms with E-state index in [1.54, 1.807) is 0 Å². The van der Waals surface area contributed by atoms with Crippen molar-refractivity contribution in [2.45, 2.75) is 24.7 Å². The van der Waals surface area contributed by atoms with Crippen molar-refractivity contribution in [3.8, 4) is 55.6 Å². The number of benzene rings is 9. The van der Waals surface area contributed by atoms with E-state index in [4.69, 9.17) is 0 Å². The minimum atomic E-state index is -0.395. The van der Waals surface area contributed by atoms with Gasteiger partial charge in [0.2, 0.25) is 0 Å². The summed E-state index contributed by atoms with van der Waals surface area (Å²) < 4.78 is 0. The first-order chi connectivity index (χ1) is 29.0. The second-order valence-electron chi connectivity index (χ2n) is 16.8. The van der Waals surface area contributed by atoms with Gasteiger partial charge in [0.1, 0.15) is 0 Å². The molecule has 1 heteroatoms. The molecule has 59 heavy (non-hydrogen) atoms. The highest BCUT2D eigenvalue weighted by molar-refractivity contribution is 6.00. The molecule has 12 rings (SSSR count). The van der Waals surface area contributed by atoms with Gasteiger partial charge >= 0.3 is 0 Å². The minimum Gasteiger partial charge on any atom is -0.310 e. The van der Waals surface area contributed by atoms with Gasteiger partial charge in [0, 0.05) is 22.4 Å². The molecule has 9 aromatic carbocycles. The Labute approximate surface area is 346 Å². The van der Waals surface area contributed by atoms with E-state index in [-0.39, 0.29) is 5.41 Å². The van der Waals surface area contributed by atoms with Crippen LogP contribution in [-0.2, 0) is 10.8 Å². The summed E-state index contributed by atoms with van der Waals surface area (Å²) in [6.45, 7) is 4.72. The number of nitrogens with zero attached hydrogens (tertiary/aromatic N) is 1. The van der Waals surface area contributed by atoms with Crippen molar-refractivity contribution < 1.29 is 0 Å². The Morgan fingerprint density at radius 1 is 0.305 bits per heavy atom. The molecular formula is C58H41N. The first-order valence-corrected chi connectivity index (χ1v) is 20.8. The third-order valence-electron chi connectivity index (χ3n) is 13.5. The van der Waals surface area contributed by atoms with E-state index < -0.39 is 5.41 Å². The fourth-order valence-corrected chi connectivity index (χ4v) is 11.0. The summed E-state index contributed by atoms with van der Waals surface area (Å²) in [6.07, 6.45) is 0. The van der Waals surface area contributed by atoms with E-state index in [1.807, 2.05) is 0 Å². The predicted molar refractivity (Wildman–Crippen MR) is 246 cm³/mol. The topological polar surface area (TPSA) is 3.24 Å². The number of anilines is 3. The molecule has 278 valence electrons. The summed E-state index contributed by atoms with van der Waals surface area (Å²) in [5.41, 5.74) is 23.7. The summed E-state index contributed by atoms with van der Waals surface area (Å²) in [5, 5.41) is 0. The lowest BCUT2D eigenvalue weighted by atomic mass is 9.70. The van der Waals surface area contributed by atoms with Crippen molar-refractivity contribution in [3.63, 3.8) is 0 Å². The number of rotatable bonds is 5. The molecule has 0 heterocycles. The quantitative estimate of drug-likeness (QED) is 0.169. The molecule has 9 aromatic rings. The van der Waals surface area contributed by atoms with Crippen molar-refractivity contribution in [2.24, 2.45) is 0 Å². The molecule has 3 aliphatic rings. The molecule has 0 atom stereocenters. The molecule has 0 fully saturated rings. The van der Waals surface area contributed by atoms with Gasteiger partial charge in [-0.3, -0.25) is 0 Å². The molecule has 0 saturated carbocycles. The number of fused-ring (bicyclic) bond motifs is 13. The molecule has 0 N–H and O–H groups in total. The SMILES string of the molecule is CC1(C)c2ccccc2-c2cc(N(c3ccc4c(c3)-c3ccccc3C43c4ccccc4-c4ccccc43)c3cccc(-c4ccccc4)c3-c3ccccc3)ccc21. The van der Waals surface area contributed by atoms with E-state index in [1.165, 1.54) is 89.0 Å². The van der Waals surface area contributed by atoms with Crippen LogP contribution in [0.4, 0.5) is 17.1 Å². The lowest BCUT2D eigenvalue weighted by Crippen LogP contribution is -2.25. The van der Waals surface area contributed by atoms with Crippen LogP contribution in [-0.4, -0.2) is 0 Å².